The van der Waals surface area contributed by atoms with E-state index in [-0.39, 0.29) is 24.0 Å². The van der Waals surface area contributed by atoms with Gasteiger partial charge in [0.05, 0.1) is 11.6 Å². The van der Waals surface area contributed by atoms with Gasteiger partial charge in [-0.05, 0) is 43.5 Å². The largest absolute Gasteiger partial charge is 0.457 e. The molecular weight excluding hydrogens is 302 g/mol. The quantitative estimate of drug-likeness (QED) is 0.875. The summed E-state index contributed by atoms with van der Waals surface area (Å²) in [6, 6.07) is 17.9. The highest BCUT2D eigenvalue weighted by Crippen LogP contribution is 2.23. The van der Waals surface area contributed by atoms with E-state index in [1.54, 1.807) is 24.3 Å². The molecule has 0 radical (unpaired) electrons. The van der Waals surface area contributed by atoms with Crippen molar-refractivity contribution in [1.29, 1.82) is 0 Å². The van der Waals surface area contributed by atoms with E-state index in [1.165, 1.54) is 0 Å². The van der Waals surface area contributed by atoms with E-state index in [9.17, 15) is 9.59 Å². The highest BCUT2D eigenvalue weighted by molar-refractivity contribution is 5.94. The molecule has 24 heavy (non-hydrogen) atoms. The van der Waals surface area contributed by atoms with Gasteiger partial charge < -0.3 is 10.1 Å². The third-order valence-electron chi connectivity index (χ3n) is 4.32. The molecule has 2 atom stereocenters. The van der Waals surface area contributed by atoms with Crippen LogP contribution < -0.4 is 5.32 Å². The summed E-state index contributed by atoms with van der Waals surface area (Å²) in [5, 5.41) is 3.03. The third-order valence-corrected chi connectivity index (χ3v) is 4.32. The van der Waals surface area contributed by atoms with Crippen LogP contribution in [0.2, 0.25) is 0 Å². The number of rotatable bonds is 4. The molecule has 1 amide bonds. The molecule has 1 aliphatic carbocycles. The maximum absolute atomic E-state index is 12.4. The molecule has 3 rings (SSSR count). The van der Waals surface area contributed by atoms with Crippen molar-refractivity contribution in [2.45, 2.75) is 37.8 Å². The fraction of sp³-hybridized carbons (Fsp3) is 0.300. The Balaban J connectivity index is 1.65. The molecule has 1 fully saturated rings. The van der Waals surface area contributed by atoms with E-state index in [0.717, 1.165) is 25.7 Å². The fourth-order valence-corrected chi connectivity index (χ4v) is 3.02. The molecule has 0 aliphatic heterocycles. The second-order valence-electron chi connectivity index (χ2n) is 6.04. The van der Waals surface area contributed by atoms with Crippen LogP contribution in [-0.2, 0) is 4.74 Å². The van der Waals surface area contributed by atoms with Crippen molar-refractivity contribution in [3.8, 4) is 0 Å². The second kappa shape index (κ2) is 7.77. The van der Waals surface area contributed by atoms with Crippen LogP contribution in [0, 0.1) is 0 Å². The van der Waals surface area contributed by atoms with Gasteiger partial charge in [-0.15, -0.1) is 0 Å². The predicted octanol–water partition coefficient (Wildman–Crippen LogP) is 3.58. The van der Waals surface area contributed by atoms with Crippen molar-refractivity contribution in [3.63, 3.8) is 0 Å². The lowest BCUT2D eigenvalue weighted by molar-refractivity contribution is 0.0100. The molecule has 124 valence electrons. The molecule has 2 aromatic carbocycles. The topological polar surface area (TPSA) is 55.4 Å². The minimum absolute atomic E-state index is 0.122. The molecule has 0 saturated heterocycles. The van der Waals surface area contributed by atoms with E-state index in [4.69, 9.17) is 4.74 Å². The van der Waals surface area contributed by atoms with Crippen molar-refractivity contribution < 1.29 is 14.3 Å². The average molecular weight is 323 g/mol. The Morgan fingerprint density at radius 3 is 2.08 bits per heavy atom. The van der Waals surface area contributed by atoms with Gasteiger partial charge in [0.15, 0.2) is 0 Å². The molecule has 1 N–H and O–H groups in total. The van der Waals surface area contributed by atoms with Crippen LogP contribution in [0.4, 0.5) is 0 Å². The molecule has 1 saturated carbocycles. The van der Waals surface area contributed by atoms with E-state index in [0.29, 0.717) is 11.1 Å². The SMILES string of the molecule is O=C(N[C@H]1CCCC[C@@H]1OC(=O)c1ccccc1)c1ccccc1. The van der Waals surface area contributed by atoms with Crippen LogP contribution in [-0.4, -0.2) is 24.0 Å². The predicted molar refractivity (Wildman–Crippen MR) is 91.8 cm³/mol. The summed E-state index contributed by atoms with van der Waals surface area (Å²) in [7, 11) is 0. The summed E-state index contributed by atoms with van der Waals surface area (Å²) in [5.74, 6) is -0.454. The Morgan fingerprint density at radius 2 is 1.42 bits per heavy atom. The lowest BCUT2D eigenvalue weighted by atomic mass is 9.92. The number of ether oxygens (including phenoxy) is 1. The zero-order valence-corrected chi connectivity index (χ0v) is 13.5. The van der Waals surface area contributed by atoms with E-state index < -0.39 is 0 Å². The molecule has 0 aromatic heterocycles. The summed E-state index contributed by atoms with van der Waals surface area (Å²) < 4.78 is 5.67. The van der Waals surface area contributed by atoms with Crippen molar-refractivity contribution in [1.82, 2.24) is 5.32 Å². The van der Waals surface area contributed by atoms with Crippen LogP contribution >= 0.6 is 0 Å². The van der Waals surface area contributed by atoms with Crippen molar-refractivity contribution >= 4 is 11.9 Å². The van der Waals surface area contributed by atoms with Gasteiger partial charge in [0.25, 0.3) is 5.91 Å². The number of amides is 1. The number of benzene rings is 2. The minimum Gasteiger partial charge on any atom is -0.457 e. The van der Waals surface area contributed by atoms with Gasteiger partial charge >= 0.3 is 5.97 Å². The third kappa shape index (κ3) is 4.02. The molecule has 4 nitrogen and oxygen atoms in total. The molecule has 0 unspecified atom stereocenters. The number of esters is 1. The Labute approximate surface area is 141 Å². The highest BCUT2D eigenvalue weighted by Gasteiger charge is 2.30. The van der Waals surface area contributed by atoms with Crippen molar-refractivity contribution in [3.05, 3.63) is 71.8 Å². The molecule has 0 spiro atoms. The van der Waals surface area contributed by atoms with E-state index in [1.807, 2.05) is 36.4 Å². The number of nitrogens with one attached hydrogen (secondary N) is 1. The van der Waals surface area contributed by atoms with Crippen LogP contribution in [0.15, 0.2) is 60.7 Å². The normalized spacial score (nSPS) is 20.2. The lowest BCUT2D eigenvalue weighted by Gasteiger charge is -2.31. The van der Waals surface area contributed by atoms with Gasteiger partial charge in [-0.3, -0.25) is 4.79 Å². The van der Waals surface area contributed by atoms with Crippen LogP contribution in [0.25, 0.3) is 0 Å². The molecule has 2 aromatic rings. The lowest BCUT2D eigenvalue weighted by Crippen LogP contribution is -2.47. The zero-order chi connectivity index (χ0) is 16.8. The summed E-state index contributed by atoms with van der Waals surface area (Å²) in [6.45, 7) is 0. The molecule has 0 bridgehead atoms. The Kier molecular flexibility index (Phi) is 5.26. The Morgan fingerprint density at radius 1 is 0.833 bits per heavy atom. The van der Waals surface area contributed by atoms with E-state index >= 15 is 0 Å². The number of carbonyl (C=O) groups excluding carboxylic acids is 2. The van der Waals surface area contributed by atoms with Gasteiger partial charge in [-0.25, -0.2) is 4.79 Å². The Bertz CT molecular complexity index is 623. The van der Waals surface area contributed by atoms with Crippen LogP contribution in [0.5, 0.6) is 0 Å². The molecule has 1 aliphatic rings. The fourth-order valence-electron chi connectivity index (χ4n) is 3.02. The summed E-state index contributed by atoms with van der Waals surface area (Å²) in [4.78, 5) is 24.6. The zero-order valence-electron chi connectivity index (χ0n) is 13.5. The van der Waals surface area contributed by atoms with Gasteiger partial charge in [-0.1, -0.05) is 42.8 Å². The van der Waals surface area contributed by atoms with E-state index in [2.05, 4.69) is 5.32 Å². The first-order chi connectivity index (χ1) is 11.7. The first-order valence-electron chi connectivity index (χ1n) is 8.36. The second-order valence-corrected chi connectivity index (χ2v) is 6.04. The van der Waals surface area contributed by atoms with Gasteiger partial charge in [0, 0.05) is 5.56 Å². The van der Waals surface area contributed by atoms with Gasteiger partial charge in [0.1, 0.15) is 6.10 Å². The first-order valence-corrected chi connectivity index (χ1v) is 8.36. The van der Waals surface area contributed by atoms with Crippen molar-refractivity contribution in [2.24, 2.45) is 0 Å². The minimum atomic E-state index is -0.332. The summed E-state index contributed by atoms with van der Waals surface area (Å²) in [5.41, 5.74) is 1.16. The first kappa shape index (κ1) is 16.2. The highest BCUT2D eigenvalue weighted by atomic mass is 16.5. The smallest absolute Gasteiger partial charge is 0.338 e. The maximum Gasteiger partial charge on any atom is 0.338 e. The van der Waals surface area contributed by atoms with Gasteiger partial charge in [-0.2, -0.15) is 0 Å². The molecular formula is C20H21NO3. The van der Waals surface area contributed by atoms with Crippen molar-refractivity contribution in [2.75, 3.05) is 0 Å². The van der Waals surface area contributed by atoms with Gasteiger partial charge in [0.2, 0.25) is 0 Å². The van der Waals surface area contributed by atoms with Crippen LogP contribution in [0.3, 0.4) is 0 Å². The average Bonchev–Trinajstić information content (AvgIpc) is 2.64. The standard InChI is InChI=1S/C20H21NO3/c22-19(15-9-3-1-4-10-15)21-17-13-7-8-14-18(17)24-20(23)16-11-5-2-6-12-16/h1-6,9-12,17-18H,7-8,13-14H2,(H,21,22)/t17-,18-/m0/s1. The Hall–Kier alpha value is -2.62. The van der Waals surface area contributed by atoms with Crippen LogP contribution in [0.1, 0.15) is 46.4 Å². The maximum atomic E-state index is 12.4. The number of carbonyl (C=O) groups is 2. The molecule has 4 heteroatoms. The molecule has 0 heterocycles. The summed E-state index contributed by atoms with van der Waals surface area (Å²) in [6.07, 6.45) is 3.35. The summed E-state index contributed by atoms with van der Waals surface area (Å²) >= 11 is 0. The number of hydrogen-bond donors (Lipinski definition) is 1. The monoisotopic (exact) mass is 323 g/mol. The number of hydrogen-bond acceptors (Lipinski definition) is 3.